The Morgan fingerprint density at radius 3 is 2.47 bits per heavy atom. The number of non-ortho nitro benzene ring substituents is 1. The Labute approximate surface area is 178 Å². The van der Waals surface area contributed by atoms with Gasteiger partial charge in [-0.1, -0.05) is 35.9 Å². The fourth-order valence-corrected chi connectivity index (χ4v) is 2.70. The van der Waals surface area contributed by atoms with Crippen LogP contribution in [0.15, 0.2) is 77.9 Å². The van der Waals surface area contributed by atoms with Crippen LogP contribution in [0, 0.1) is 10.1 Å². The summed E-state index contributed by atoms with van der Waals surface area (Å²) in [4.78, 5) is 22.2. The highest BCUT2D eigenvalue weighted by molar-refractivity contribution is 6.30. The molecule has 0 atom stereocenters. The Hall–Kier alpha value is -3.71. The molecule has 0 bridgehead atoms. The summed E-state index contributed by atoms with van der Waals surface area (Å²) in [5.74, 6) is 0.379. The van der Waals surface area contributed by atoms with Crippen LogP contribution in [0.25, 0.3) is 0 Å². The van der Waals surface area contributed by atoms with E-state index in [0.717, 1.165) is 16.7 Å². The number of nitro groups is 1. The maximum absolute atomic E-state index is 12.0. The van der Waals surface area contributed by atoms with Gasteiger partial charge < -0.3 is 4.74 Å². The van der Waals surface area contributed by atoms with Crippen molar-refractivity contribution in [3.63, 3.8) is 0 Å². The van der Waals surface area contributed by atoms with E-state index in [1.165, 1.54) is 18.3 Å². The van der Waals surface area contributed by atoms with Gasteiger partial charge in [0.05, 0.1) is 17.6 Å². The highest BCUT2D eigenvalue weighted by Gasteiger charge is 2.05. The average molecular weight is 424 g/mol. The number of nitrogens with zero attached hydrogens (tertiary/aromatic N) is 2. The van der Waals surface area contributed by atoms with Crippen molar-refractivity contribution in [2.75, 3.05) is 0 Å². The van der Waals surface area contributed by atoms with Crippen LogP contribution in [0.1, 0.15) is 16.7 Å². The number of nitrogens with one attached hydrogen (secondary N) is 1. The molecule has 0 aliphatic heterocycles. The number of hydrazone groups is 1. The van der Waals surface area contributed by atoms with Crippen molar-refractivity contribution in [1.29, 1.82) is 0 Å². The molecule has 0 radical (unpaired) electrons. The van der Waals surface area contributed by atoms with Crippen molar-refractivity contribution in [2.24, 2.45) is 5.10 Å². The number of carbonyl (C=O) groups is 1. The molecule has 30 heavy (non-hydrogen) atoms. The summed E-state index contributed by atoms with van der Waals surface area (Å²) < 4.78 is 5.72. The van der Waals surface area contributed by atoms with Gasteiger partial charge in [0.25, 0.3) is 5.69 Å². The molecule has 3 aromatic carbocycles. The fraction of sp³-hybridized carbons (Fsp3) is 0.0909. The van der Waals surface area contributed by atoms with Crippen LogP contribution in [0.5, 0.6) is 5.75 Å². The zero-order chi connectivity index (χ0) is 21.3. The lowest BCUT2D eigenvalue weighted by Crippen LogP contribution is -2.19. The van der Waals surface area contributed by atoms with Crippen molar-refractivity contribution in [1.82, 2.24) is 5.43 Å². The number of nitro benzene ring substituents is 1. The van der Waals surface area contributed by atoms with E-state index in [2.05, 4.69) is 10.5 Å². The van der Waals surface area contributed by atoms with E-state index in [1.54, 1.807) is 48.5 Å². The van der Waals surface area contributed by atoms with Crippen molar-refractivity contribution < 1.29 is 14.5 Å². The predicted octanol–water partition coefficient (Wildman–Crippen LogP) is 4.52. The van der Waals surface area contributed by atoms with E-state index in [0.29, 0.717) is 10.8 Å². The second kappa shape index (κ2) is 10.2. The van der Waals surface area contributed by atoms with Crippen molar-refractivity contribution in [3.05, 3.63) is 105 Å². The molecule has 0 heterocycles. The molecule has 8 heteroatoms. The molecule has 3 rings (SSSR count). The van der Waals surface area contributed by atoms with Gasteiger partial charge in [-0.3, -0.25) is 14.9 Å². The van der Waals surface area contributed by atoms with Gasteiger partial charge in [0.1, 0.15) is 12.4 Å². The minimum atomic E-state index is -0.443. The smallest absolute Gasteiger partial charge is 0.269 e. The maximum Gasteiger partial charge on any atom is 0.269 e. The summed E-state index contributed by atoms with van der Waals surface area (Å²) in [5.41, 5.74) is 4.93. The summed E-state index contributed by atoms with van der Waals surface area (Å²) in [6.45, 7) is 0.274. The van der Waals surface area contributed by atoms with Gasteiger partial charge in [-0.2, -0.15) is 5.10 Å². The first-order valence-corrected chi connectivity index (χ1v) is 9.40. The number of benzene rings is 3. The van der Waals surface area contributed by atoms with E-state index in [4.69, 9.17) is 16.3 Å². The maximum atomic E-state index is 12.0. The standard InChI is InChI=1S/C22H18ClN3O4/c23-19-8-4-16(5-9-19)13-22(27)25-24-14-18-2-1-3-21(12-18)30-15-17-6-10-20(11-7-17)26(28)29/h1-12,14H,13,15H2,(H,25,27)/b24-14-. The fourth-order valence-electron chi connectivity index (χ4n) is 2.57. The van der Waals surface area contributed by atoms with Gasteiger partial charge in [-0.05, 0) is 53.1 Å². The largest absolute Gasteiger partial charge is 0.489 e. The topological polar surface area (TPSA) is 93.8 Å². The minimum Gasteiger partial charge on any atom is -0.489 e. The number of carbonyl (C=O) groups excluding carboxylic acids is 1. The minimum absolute atomic E-state index is 0.0371. The molecule has 152 valence electrons. The van der Waals surface area contributed by atoms with Crippen molar-refractivity contribution in [3.8, 4) is 5.75 Å². The number of rotatable bonds is 8. The quantitative estimate of drug-likeness (QED) is 0.327. The normalized spacial score (nSPS) is 10.7. The van der Waals surface area contributed by atoms with Gasteiger partial charge in [0.15, 0.2) is 0 Å². The van der Waals surface area contributed by atoms with Crippen LogP contribution >= 0.6 is 11.6 Å². The zero-order valence-corrected chi connectivity index (χ0v) is 16.6. The van der Waals surface area contributed by atoms with Crippen molar-refractivity contribution >= 4 is 29.4 Å². The third-order valence-corrected chi connectivity index (χ3v) is 4.34. The highest BCUT2D eigenvalue weighted by Crippen LogP contribution is 2.16. The van der Waals surface area contributed by atoms with Crippen molar-refractivity contribution in [2.45, 2.75) is 13.0 Å². The lowest BCUT2D eigenvalue weighted by molar-refractivity contribution is -0.384. The number of hydrogen-bond acceptors (Lipinski definition) is 5. The van der Waals surface area contributed by atoms with Crippen LogP contribution in [-0.2, 0) is 17.8 Å². The molecule has 0 unspecified atom stereocenters. The van der Waals surface area contributed by atoms with Gasteiger partial charge in [0, 0.05) is 17.2 Å². The second-order valence-electron chi connectivity index (χ2n) is 6.38. The van der Waals surface area contributed by atoms with Gasteiger partial charge in [-0.25, -0.2) is 5.43 Å². The van der Waals surface area contributed by atoms with Gasteiger partial charge in [0.2, 0.25) is 5.91 Å². The molecule has 1 amide bonds. The Morgan fingerprint density at radius 1 is 1.07 bits per heavy atom. The van der Waals surface area contributed by atoms with Crippen LogP contribution in [0.3, 0.4) is 0 Å². The lowest BCUT2D eigenvalue weighted by Gasteiger charge is -2.07. The molecule has 0 aliphatic rings. The Kier molecular flexibility index (Phi) is 7.13. The van der Waals surface area contributed by atoms with Gasteiger partial charge in [-0.15, -0.1) is 0 Å². The number of ether oxygens (including phenoxy) is 1. The molecule has 1 N–H and O–H groups in total. The lowest BCUT2D eigenvalue weighted by atomic mass is 10.1. The predicted molar refractivity (Wildman–Crippen MR) is 115 cm³/mol. The van der Waals surface area contributed by atoms with Gasteiger partial charge >= 0.3 is 0 Å². The molecular weight excluding hydrogens is 406 g/mol. The summed E-state index contributed by atoms with van der Waals surface area (Å²) in [5, 5.41) is 15.3. The van der Waals surface area contributed by atoms with E-state index in [9.17, 15) is 14.9 Å². The average Bonchev–Trinajstić information content (AvgIpc) is 2.74. The molecule has 0 saturated carbocycles. The van der Waals surface area contributed by atoms with Crippen LogP contribution in [0.2, 0.25) is 5.02 Å². The second-order valence-corrected chi connectivity index (χ2v) is 6.82. The molecule has 7 nitrogen and oxygen atoms in total. The van der Waals surface area contributed by atoms with E-state index < -0.39 is 4.92 Å². The van der Waals surface area contributed by atoms with Crippen LogP contribution in [-0.4, -0.2) is 17.0 Å². The highest BCUT2D eigenvalue weighted by atomic mass is 35.5. The Bertz CT molecular complexity index is 1050. The first-order chi connectivity index (χ1) is 14.5. The molecule has 0 spiro atoms. The summed E-state index contributed by atoms with van der Waals surface area (Å²) in [6.07, 6.45) is 1.73. The third-order valence-electron chi connectivity index (χ3n) is 4.09. The van der Waals surface area contributed by atoms with Crippen LogP contribution in [0.4, 0.5) is 5.69 Å². The summed E-state index contributed by atoms with van der Waals surface area (Å²) >= 11 is 5.83. The van der Waals surface area contributed by atoms with E-state index in [-0.39, 0.29) is 24.6 Å². The Morgan fingerprint density at radius 2 is 1.77 bits per heavy atom. The number of halogens is 1. The molecule has 0 saturated heterocycles. The molecule has 0 fully saturated rings. The Balaban J connectivity index is 1.51. The molecule has 0 aromatic heterocycles. The van der Waals surface area contributed by atoms with E-state index >= 15 is 0 Å². The first kappa shape index (κ1) is 21.0. The third kappa shape index (κ3) is 6.42. The summed E-state index contributed by atoms with van der Waals surface area (Å²) in [6, 6.07) is 20.4. The molecule has 0 aliphatic carbocycles. The first-order valence-electron chi connectivity index (χ1n) is 9.02. The SMILES string of the molecule is O=C(Cc1ccc(Cl)cc1)N/N=C\c1cccc(OCc2ccc([N+](=O)[O-])cc2)c1. The molecular formula is C22H18ClN3O4. The summed E-state index contributed by atoms with van der Waals surface area (Å²) in [7, 11) is 0. The van der Waals surface area contributed by atoms with E-state index in [1.807, 2.05) is 12.1 Å². The number of hydrogen-bond donors (Lipinski definition) is 1. The molecule has 3 aromatic rings. The van der Waals surface area contributed by atoms with Crippen LogP contribution < -0.4 is 10.2 Å². The monoisotopic (exact) mass is 423 g/mol. The number of amides is 1. The zero-order valence-electron chi connectivity index (χ0n) is 15.8.